The lowest BCUT2D eigenvalue weighted by Gasteiger charge is -2.46. The topological polar surface area (TPSA) is 67.9 Å². The predicted octanol–water partition coefficient (Wildman–Crippen LogP) is 3.34. The van der Waals surface area contributed by atoms with Crippen LogP contribution in [-0.4, -0.2) is 50.6 Å². The van der Waals surface area contributed by atoms with Gasteiger partial charge in [0.15, 0.2) is 0 Å². The molecule has 1 N–H and O–H groups in total. The average molecular weight is 401 g/mol. The number of piperidine rings is 1. The summed E-state index contributed by atoms with van der Waals surface area (Å²) >= 11 is 0. The van der Waals surface area contributed by atoms with Gasteiger partial charge in [-0.05, 0) is 42.9 Å². The lowest BCUT2D eigenvalue weighted by Crippen LogP contribution is -2.50. The number of hydrogen-bond acceptors (Lipinski definition) is 5. The third-order valence-electron chi connectivity index (χ3n) is 6.96. The van der Waals surface area contributed by atoms with Gasteiger partial charge in [0.25, 0.3) is 0 Å². The van der Waals surface area contributed by atoms with Crippen LogP contribution >= 0.6 is 0 Å². The highest BCUT2D eigenvalue weighted by atomic mass is 16.5. The molecule has 4 unspecified atom stereocenters. The number of anilines is 1. The quantitative estimate of drug-likeness (QED) is 0.329. The fourth-order valence-electron chi connectivity index (χ4n) is 5.40. The smallest absolute Gasteiger partial charge is 0.337 e. The maximum atomic E-state index is 12.5. The van der Waals surface area contributed by atoms with Crippen molar-refractivity contribution >= 4 is 18.1 Å². The first kappa shape index (κ1) is 21.4. The van der Waals surface area contributed by atoms with Crippen molar-refractivity contribution < 1.29 is 19.1 Å². The molecule has 3 rings (SSSR count). The second-order valence-corrected chi connectivity index (χ2v) is 8.30. The van der Waals surface area contributed by atoms with Gasteiger partial charge < -0.3 is 14.8 Å². The molecule has 1 aromatic rings. The zero-order chi connectivity index (χ0) is 21.0. The molecule has 0 saturated carbocycles. The van der Waals surface area contributed by atoms with Crippen molar-refractivity contribution in [3.05, 3.63) is 41.7 Å². The molecular formula is C23H32N2O4. The van der Waals surface area contributed by atoms with Gasteiger partial charge in [-0.1, -0.05) is 38.5 Å². The summed E-state index contributed by atoms with van der Waals surface area (Å²) in [5.74, 6) is 0.140. The molecule has 1 amide bonds. The van der Waals surface area contributed by atoms with E-state index in [4.69, 9.17) is 9.47 Å². The van der Waals surface area contributed by atoms with Crippen molar-refractivity contribution in [2.45, 2.75) is 44.6 Å². The van der Waals surface area contributed by atoms with Crippen molar-refractivity contribution in [3.8, 4) is 0 Å². The number of carbonyl (C=O) groups excluding carboxylic acids is 2. The fourth-order valence-corrected chi connectivity index (χ4v) is 5.40. The highest BCUT2D eigenvalue weighted by Gasteiger charge is 2.51. The van der Waals surface area contributed by atoms with Crippen LogP contribution in [0.4, 0.5) is 5.69 Å². The van der Waals surface area contributed by atoms with Gasteiger partial charge in [0.2, 0.25) is 6.41 Å². The molecule has 6 nitrogen and oxygen atoms in total. The van der Waals surface area contributed by atoms with E-state index >= 15 is 0 Å². The van der Waals surface area contributed by atoms with Gasteiger partial charge >= 0.3 is 5.97 Å². The maximum absolute atomic E-state index is 12.5. The first-order valence-corrected chi connectivity index (χ1v) is 10.3. The molecule has 158 valence electrons. The van der Waals surface area contributed by atoms with E-state index in [9.17, 15) is 9.59 Å². The van der Waals surface area contributed by atoms with Gasteiger partial charge in [0.1, 0.15) is 0 Å². The molecule has 0 aliphatic carbocycles. The molecule has 2 aliphatic rings. The first-order chi connectivity index (χ1) is 14.0. The number of hydrogen-bond donors (Lipinski definition) is 1. The Morgan fingerprint density at radius 3 is 2.76 bits per heavy atom. The number of benzene rings is 1. The van der Waals surface area contributed by atoms with Crippen LogP contribution in [0, 0.1) is 11.8 Å². The molecular weight excluding hydrogens is 368 g/mol. The Morgan fingerprint density at radius 2 is 2.10 bits per heavy atom. The molecule has 2 saturated heterocycles. The van der Waals surface area contributed by atoms with Gasteiger partial charge in [0.05, 0.1) is 26.1 Å². The molecule has 2 aliphatic heterocycles. The summed E-state index contributed by atoms with van der Waals surface area (Å²) in [5, 5.41) is 2.87. The van der Waals surface area contributed by atoms with Crippen LogP contribution in [-0.2, 0) is 24.5 Å². The number of methoxy groups -OCH3 is 2. The third-order valence-corrected chi connectivity index (χ3v) is 6.96. The van der Waals surface area contributed by atoms with Gasteiger partial charge in [-0.2, -0.15) is 0 Å². The molecule has 0 bridgehead atoms. The number of carbonyl (C=O) groups is 2. The van der Waals surface area contributed by atoms with Gasteiger partial charge in [-0.15, -0.1) is 0 Å². The van der Waals surface area contributed by atoms with E-state index in [1.54, 1.807) is 13.4 Å². The highest BCUT2D eigenvalue weighted by Crippen LogP contribution is 2.49. The molecule has 0 radical (unpaired) electrons. The predicted molar refractivity (Wildman–Crippen MR) is 112 cm³/mol. The van der Waals surface area contributed by atoms with Crippen LogP contribution in [0.15, 0.2) is 36.1 Å². The summed E-state index contributed by atoms with van der Waals surface area (Å²) in [6.45, 7) is 6.42. The summed E-state index contributed by atoms with van der Waals surface area (Å²) in [6.07, 6.45) is 5.16. The van der Waals surface area contributed by atoms with Crippen molar-refractivity contribution in [1.82, 2.24) is 4.90 Å². The van der Waals surface area contributed by atoms with E-state index in [0.29, 0.717) is 11.5 Å². The Bertz CT molecular complexity index is 778. The molecule has 0 aromatic heterocycles. The second-order valence-electron chi connectivity index (χ2n) is 8.30. The van der Waals surface area contributed by atoms with Gasteiger partial charge in [-0.25, -0.2) is 4.79 Å². The summed E-state index contributed by atoms with van der Waals surface area (Å²) < 4.78 is 10.3. The number of amides is 1. The van der Waals surface area contributed by atoms with E-state index in [0.717, 1.165) is 50.0 Å². The second kappa shape index (κ2) is 8.99. The minimum Gasteiger partial charge on any atom is -0.504 e. The standard InChI is InChI=1S/C23H32N2O4/c1-5-16-13-25-11-10-23(2,19-8-6-7-9-20(19)24-15-26)21(25)12-17(16)18(14-28-3)22(27)29-4/h6-9,14-17,21H,5,10-13H2,1-4H3,(H,24,26). The molecule has 0 spiro atoms. The normalized spacial score (nSPS) is 29.8. The summed E-state index contributed by atoms with van der Waals surface area (Å²) in [5.41, 5.74) is 2.53. The average Bonchev–Trinajstić information content (AvgIpc) is 3.08. The largest absolute Gasteiger partial charge is 0.504 e. The maximum Gasteiger partial charge on any atom is 0.337 e. The highest BCUT2D eigenvalue weighted by molar-refractivity contribution is 5.88. The number of nitrogens with one attached hydrogen (secondary N) is 1. The van der Waals surface area contributed by atoms with Crippen LogP contribution < -0.4 is 5.32 Å². The van der Waals surface area contributed by atoms with Crippen molar-refractivity contribution in [2.24, 2.45) is 11.8 Å². The number of rotatable bonds is 7. The van der Waals surface area contributed by atoms with E-state index in [-0.39, 0.29) is 23.3 Å². The molecule has 4 atom stereocenters. The lowest BCUT2D eigenvalue weighted by atomic mass is 9.67. The summed E-state index contributed by atoms with van der Waals surface area (Å²) in [4.78, 5) is 26.2. The minimum atomic E-state index is -0.313. The fraction of sp³-hybridized carbons (Fsp3) is 0.565. The molecule has 29 heavy (non-hydrogen) atoms. The third kappa shape index (κ3) is 3.90. The monoisotopic (exact) mass is 400 g/mol. The Morgan fingerprint density at radius 1 is 1.34 bits per heavy atom. The number of ether oxygens (including phenoxy) is 2. The number of nitrogens with zero attached hydrogens (tertiary/aromatic N) is 1. The number of fused-ring (bicyclic) bond motifs is 1. The van der Waals surface area contributed by atoms with Crippen LogP contribution in [0.25, 0.3) is 0 Å². The Kier molecular flexibility index (Phi) is 6.63. The molecule has 6 heteroatoms. The zero-order valence-corrected chi connectivity index (χ0v) is 17.8. The Balaban J connectivity index is 1.98. The van der Waals surface area contributed by atoms with E-state index in [1.807, 2.05) is 18.2 Å². The van der Waals surface area contributed by atoms with E-state index < -0.39 is 0 Å². The molecule has 2 heterocycles. The van der Waals surface area contributed by atoms with E-state index in [1.165, 1.54) is 7.11 Å². The number of esters is 1. The first-order valence-electron chi connectivity index (χ1n) is 10.3. The van der Waals surface area contributed by atoms with Crippen molar-refractivity contribution in [1.29, 1.82) is 0 Å². The van der Waals surface area contributed by atoms with Crippen molar-refractivity contribution in [3.63, 3.8) is 0 Å². The minimum absolute atomic E-state index is 0.0808. The van der Waals surface area contributed by atoms with Crippen molar-refractivity contribution in [2.75, 3.05) is 32.6 Å². The van der Waals surface area contributed by atoms with Gasteiger partial charge in [0, 0.05) is 23.7 Å². The van der Waals surface area contributed by atoms with Crippen LogP contribution in [0.5, 0.6) is 0 Å². The summed E-state index contributed by atoms with van der Waals surface area (Å²) in [6, 6.07) is 8.31. The molecule has 2 fully saturated rings. The van der Waals surface area contributed by atoms with Crippen LogP contribution in [0.2, 0.25) is 0 Å². The Hall–Kier alpha value is -2.34. The number of para-hydroxylation sites is 1. The van der Waals surface area contributed by atoms with Crippen LogP contribution in [0.3, 0.4) is 0 Å². The zero-order valence-electron chi connectivity index (χ0n) is 17.8. The summed E-state index contributed by atoms with van der Waals surface area (Å²) in [7, 11) is 2.99. The lowest BCUT2D eigenvalue weighted by molar-refractivity contribution is -0.137. The van der Waals surface area contributed by atoms with Crippen LogP contribution in [0.1, 0.15) is 38.7 Å². The Labute approximate surface area is 173 Å². The van der Waals surface area contributed by atoms with Gasteiger partial charge in [-0.3, -0.25) is 9.69 Å². The SMILES string of the molecule is CCC1CN2CCC(C)(c3ccccc3NC=O)C2CC1C(=COC)C(=O)OC. The van der Waals surface area contributed by atoms with E-state index in [2.05, 4.69) is 30.1 Å². The molecule has 1 aromatic carbocycles.